The Morgan fingerprint density at radius 3 is 2.32 bits per heavy atom. The van der Waals surface area contributed by atoms with Crippen molar-refractivity contribution in [3.8, 4) is 0 Å². The molecule has 3 rings (SSSR count). The number of nitrogens with one attached hydrogen (secondary N) is 2. The van der Waals surface area contributed by atoms with Gasteiger partial charge in [-0.05, 0) is 44.1 Å². The highest BCUT2D eigenvalue weighted by atomic mass is 16.2. The monoisotopic (exact) mass is 343 g/mol. The fourth-order valence-electron chi connectivity index (χ4n) is 3.58. The van der Waals surface area contributed by atoms with Crippen molar-refractivity contribution in [2.45, 2.75) is 51.6 Å². The van der Waals surface area contributed by atoms with Gasteiger partial charge in [0.2, 0.25) is 11.8 Å². The molecule has 25 heavy (non-hydrogen) atoms. The maximum Gasteiger partial charge on any atom is 0.234 e. The predicted molar refractivity (Wildman–Crippen MR) is 98.1 cm³/mol. The van der Waals surface area contributed by atoms with Gasteiger partial charge in [0.1, 0.15) is 0 Å². The minimum Gasteiger partial charge on any atom is -0.352 e. The summed E-state index contributed by atoms with van der Waals surface area (Å²) in [5.41, 5.74) is 2.53. The molecule has 2 fully saturated rings. The maximum atomic E-state index is 12.3. The van der Waals surface area contributed by atoms with Crippen molar-refractivity contribution >= 4 is 11.8 Å². The molecule has 136 valence electrons. The van der Waals surface area contributed by atoms with Gasteiger partial charge in [-0.3, -0.25) is 9.59 Å². The van der Waals surface area contributed by atoms with Gasteiger partial charge in [-0.15, -0.1) is 0 Å². The van der Waals surface area contributed by atoms with E-state index < -0.39 is 0 Å². The average Bonchev–Trinajstić information content (AvgIpc) is 3.42. The molecule has 0 aromatic heterocycles. The number of piperidine rings is 1. The van der Waals surface area contributed by atoms with E-state index in [4.69, 9.17) is 0 Å². The molecule has 5 heteroatoms. The van der Waals surface area contributed by atoms with E-state index in [1.165, 1.54) is 24.0 Å². The van der Waals surface area contributed by atoms with Crippen LogP contribution in [0, 0.1) is 12.8 Å². The Labute approximate surface area is 150 Å². The molecule has 1 saturated heterocycles. The highest BCUT2D eigenvalue weighted by Crippen LogP contribution is 2.40. The first-order chi connectivity index (χ1) is 12.0. The average molecular weight is 343 g/mol. The van der Waals surface area contributed by atoms with Gasteiger partial charge in [-0.25, -0.2) is 0 Å². The van der Waals surface area contributed by atoms with Crippen LogP contribution in [0.1, 0.15) is 49.8 Å². The summed E-state index contributed by atoms with van der Waals surface area (Å²) in [7, 11) is 0. The first-order valence-corrected chi connectivity index (χ1v) is 9.38. The third-order valence-electron chi connectivity index (χ3n) is 5.32. The standard InChI is InChI=1S/C20H29N3O2/c1-14-3-5-16(6-4-14)20(17-7-8-17)21-13-19(25)22-18-9-11-23(12-10-18)15(2)24/h3-6,17-18,20-21H,7-13H2,1-2H3,(H,22,25). The Hall–Kier alpha value is -1.88. The van der Waals surface area contributed by atoms with Gasteiger partial charge in [0.05, 0.1) is 6.54 Å². The van der Waals surface area contributed by atoms with Crippen LogP contribution in [-0.4, -0.2) is 42.4 Å². The second-order valence-corrected chi connectivity index (χ2v) is 7.45. The van der Waals surface area contributed by atoms with E-state index in [1.807, 2.05) is 4.90 Å². The second-order valence-electron chi connectivity index (χ2n) is 7.45. The fraction of sp³-hybridized carbons (Fsp3) is 0.600. The van der Waals surface area contributed by atoms with Gasteiger partial charge in [0.25, 0.3) is 0 Å². The number of aryl methyl sites for hydroxylation is 1. The number of nitrogens with zero attached hydrogens (tertiary/aromatic N) is 1. The zero-order chi connectivity index (χ0) is 17.8. The van der Waals surface area contributed by atoms with Crippen molar-refractivity contribution < 1.29 is 9.59 Å². The number of carbonyl (C=O) groups is 2. The molecule has 2 N–H and O–H groups in total. The molecule has 1 aromatic rings. The molecule has 5 nitrogen and oxygen atoms in total. The van der Waals surface area contributed by atoms with Gasteiger partial charge in [-0.1, -0.05) is 29.8 Å². The van der Waals surface area contributed by atoms with Crippen LogP contribution >= 0.6 is 0 Å². The molecular formula is C20H29N3O2. The zero-order valence-electron chi connectivity index (χ0n) is 15.3. The normalized spacial score (nSPS) is 19.5. The van der Waals surface area contributed by atoms with Crippen LogP contribution in [0.25, 0.3) is 0 Å². The zero-order valence-corrected chi connectivity index (χ0v) is 15.3. The Morgan fingerprint density at radius 1 is 1.12 bits per heavy atom. The molecule has 1 atom stereocenters. The van der Waals surface area contributed by atoms with Gasteiger partial charge in [0.15, 0.2) is 0 Å². The van der Waals surface area contributed by atoms with Crippen LogP contribution in [0.2, 0.25) is 0 Å². The van der Waals surface area contributed by atoms with E-state index in [2.05, 4.69) is 41.8 Å². The van der Waals surface area contributed by atoms with E-state index in [0.29, 0.717) is 12.5 Å². The number of likely N-dealkylation sites (tertiary alicyclic amines) is 1. The van der Waals surface area contributed by atoms with Crippen LogP contribution in [-0.2, 0) is 9.59 Å². The number of hydrogen-bond acceptors (Lipinski definition) is 3. The molecule has 1 aliphatic carbocycles. The first kappa shape index (κ1) is 17.9. The minimum atomic E-state index is 0.0547. The second kappa shape index (κ2) is 8.00. The third-order valence-corrected chi connectivity index (χ3v) is 5.32. The summed E-state index contributed by atoms with van der Waals surface area (Å²) < 4.78 is 0. The molecule has 1 heterocycles. The van der Waals surface area contributed by atoms with Crippen LogP contribution in [0.5, 0.6) is 0 Å². The molecule has 1 aliphatic heterocycles. The van der Waals surface area contributed by atoms with E-state index in [9.17, 15) is 9.59 Å². The number of amides is 2. The number of carbonyl (C=O) groups excluding carboxylic acids is 2. The van der Waals surface area contributed by atoms with Crippen molar-refractivity contribution in [3.63, 3.8) is 0 Å². The molecule has 1 unspecified atom stereocenters. The molecule has 0 spiro atoms. The number of rotatable bonds is 6. The lowest BCUT2D eigenvalue weighted by Gasteiger charge is -2.31. The molecule has 0 bridgehead atoms. The first-order valence-electron chi connectivity index (χ1n) is 9.38. The molecular weight excluding hydrogens is 314 g/mol. The van der Waals surface area contributed by atoms with Crippen molar-refractivity contribution in [1.29, 1.82) is 0 Å². The molecule has 2 aliphatic rings. The van der Waals surface area contributed by atoms with Crippen molar-refractivity contribution in [1.82, 2.24) is 15.5 Å². The van der Waals surface area contributed by atoms with E-state index in [-0.39, 0.29) is 23.9 Å². The maximum absolute atomic E-state index is 12.3. The summed E-state index contributed by atoms with van der Waals surface area (Å²) in [4.78, 5) is 25.5. The minimum absolute atomic E-state index is 0.0547. The van der Waals surface area contributed by atoms with Gasteiger partial charge in [-0.2, -0.15) is 0 Å². The highest BCUT2D eigenvalue weighted by molar-refractivity contribution is 5.78. The van der Waals surface area contributed by atoms with Crippen LogP contribution in [0.4, 0.5) is 0 Å². The smallest absolute Gasteiger partial charge is 0.234 e. The summed E-state index contributed by atoms with van der Waals surface area (Å²) >= 11 is 0. The Morgan fingerprint density at radius 2 is 1.76 bits per heavy atom. The van der Waals surface area contributed by atoms with Crippen molar-refractivity contribution in [2.75, 3.05) is 19.6 Å². The van der Waals surface area contributed by atoms with Crippen LogP contribution in [0.15, 0.2) is 24.3 Å². The lowest BCUT2D eigenvalue weighted by atomic mass is 10.0. The summed E-state index contributed by atoms with van der Waals surface area (Å²) in [5.74, 6) is 0.824. The third kappa shape index (κ3) is 5.05. The van der Waals surface area contributed by atoms with Crippen LogP contribution < -0.4 is 10.6 Å². The quantitative estimate of drug-likeness (QED) is 0.832. The highest BCUT2D eigenvalue weighted by Gasteiger charge is 2.32. The Balaban J connectivity index is 1.46. The van der Waals surface area contributed by atoms with Gasteiger partial charge in [0, 0.05) is 32.1 Å². The molecule has 1 aromatic carbocycles. The predicted octanol–water partition coefficient (Wildman–Crippen LogP) is 2.16. The summed E-state index contributed by atoms with van der Waals surface area (Å²) in [6, 6.07) is 9.06. The largest absolute Gasteiger partial charge is 0.352 e. The van der Waals surface area contributed by atoms with Gasteiger partial charge >= 0.3 is 0 Å². The Bertz CT molecular complexity index is 602. The lowest BCUT2D eigenvalue weighted by Crippen LogP contribution is -2.48. The molecule has 1 saturated carbocycles. The summed E-state index contributed by atoms with van der Waals surface area (Å²) in [6.45, 7) is 5.52. The van der Waals surface area contributed by atoms with E-state index in [1.54, 1.807) is 6.92 Å². The van der Waals surface area contributed by atoms with Crippen LogP contribution in [0.3, 0.4) is 0 Å². The van der Waals surface area contributed by atoms with Crippen molar-refractivity contribution in [3.05, 3.63) is 35.4 Å². The van der Waals surface area contributed by atoms with Crippen molar-refractivity contribution in [2.24, 2.45) is 5.92 Å². The number of benzene rings is 1. The SMILES string of the molecule is CC(=O)N1CCC(NC(=O)CNC(c2ccc(C)cc2)C2CC2)CC1. The van der Waals surface area contributed by atoms with Gasteiger partial charge < -0.3 is 15.5 Å². The molecule has 0 radical (unpaired) electrons. The number of hydrogen-bond donors (Lipinski definition) is 2. The summed E-state index contributed by atoms with van der Waals surface area (Å²) in [5, 5.41) is 6.57. The van der Waals surface area contributed by atoms with E-state index in [0.717, 1.165) is 25.9 Å². The fourth-order valence-corrected chi connectivity index (χ4v) is 3.58. The molecule has 2 amide bonds. The topological polar surface area (TPSA) is 61.4 Å². The van der Waals surface area contributed by atoms with E-state index >= 15 is 0 Å². The summed E-state index contributed by atoms with van der Waals surface area (Å²) in [6.07, 6.45) is 4.15. The Kier molecular flexibility index (Phi) is 5.74. The lowest BCUT2D eigenvalue weighted by molar-refractivity contribution is -0.130.